The zero-order chi connectivity index (χ0) is 17.9. The van der Waals surface area contributed by atoms with Crippen molar-refractivity contribution in [3.05, 3.63) is 101 Å². The van der Waals surface area contributed by atoms with Gasteiger partial charge in [-0.2, -0.15) is 0 Å². The van der Waals surface area contributed by atoms with Crippen LogP contribution in [0.25, 0.3) is 11.6 Å². The second kappa shape index (κ2) is 7.08. The lowest BCUT2D eigenvalue weighted by Crippen LogP contribution is -1.97. The highest BCUT2D eigenvalue weighted by atomic mass is 32.2. The minimum Gasteiger partial charge on any atom is -0.224 e. The molecule has 0 aromatic heterocycles. The van der Waals surface area contributed by atoms with Crippen molar-refractivity contribution in [3.8, 4) is 0 Å². The fourth-order valence-electron chi connectivity index (χ4n) is 2.66. The molecular weight excluding hydrogens is 328 g/mol. The van der Waals surface area contributed by atoms with Crippen LogP contribution in [0.3, 0.4) is 0 Å². The Morgan fingerprint density at radius 3 is 1.88 bits per heavy atom. The lowest BCUT2D eigenvalue weighted by Gasteiger charge is -2.10. The molecule has 0 spiro atoms. The summed E-state index contributed by atoms with van der Waals surface area (Å²) in [6.45, 7) is 2.06. The van der Waals surface area contributed by atoms with E-state index in [1.54, 1.807) is 12.1 Å². The first kappa shape index (κ1) is 17.2. The molecule has 0 aliphatic heterocycles. The Balaban J connectivity index is 2.10. The first-order valence-corrected chi connectivity index (χ1v) is 9.97. The van der Waals surface area contributed by atoms with Gasteiger partial charge in [0.1, 0.15) is 0 Å². The van der Waals surface area contributed by atoms with Crippen LogP contribution >= 0.6 is 0 Å². The van der Waals surface area contributed by atoms with Crippen LogP contribution in [0.2, 0.25) is 0 Å². The number of hydrogen-bond acceptors (Lipinski definition) is 2. The molecule has 0 heterocycles. The van der Waals surface area contributed by atoms with Crippen LogP contribution in [0.15, 0.2) is 83.8 Å². The molecule has 2 nitrogen and oxygen atoms in total. The van der Waals surface area contributed by atoms with Crippen LogP contribution in [0.5, 0.6) is 0 Å². The molecule has 0 amide bonds. The van der Waals surface area contributed by atoms with Crippen molar-refractivity contribution >= 4 is 21.5 Å². The molecule has 3 aromatic rings. The number of hydrogen-bond donors (Lipinski definition) is 0. The van der Waals surface area contributed by atoms with Gasteiger partial charge in [0, 0.05) is 6.26 Å². The monoisotopic (exact) mass is 348 g/mol. The van der Waals surface area contributed by atoms with Crippen molar-refractivity contribution in [2.75, 3.05) is 6.26 Å². The van der Waals surface area contributed by atoms with Crippen molar-refractivity contribution in [2.45, 2.75) is 11.8 Å². The summed E-state index contributed by atoms with van der Waals surface area (Å²) in [5.74, 6) is 0. The number of sulfone groups is 1. The van der Waals surface area contributed by atoms with Gasteiger partial charge in [0.15, 0.2) is 9.84 Å². The maximum Gasteiger partial charge on any atom is 0.175 e. The highest BCUT2D eigenvalue weighted by Crippen LogP contribution is 2.27. The van der Waals surface area contributed by atoms with Crippen LogP contribution in [-0.2, 0) is 9.84 Å². The van der Waals surface area contributed by atoms with Gasteiger partial charge in [-0.05, 0) is 47.4 Å². The van der Waals surface area contributed by atoms with E-state index in [9.17, 15) is 8.42 Å². The van der Waals surface area contributed by atoms with Crippen molar-refractivity contribution in [1.29, 1.82) is 0 Å². The summed E-state index contributed by atoms with van der Waals surface area (Å²) < 4.78 is 23.4. The van der Waals surface area contributed by atoms with Gasteiger partial charge in [-0.15, -0.1) is 0 Å². The Labute approximate surface area is 149 Å². The van der Waals surface area contributed by atoms with Crippen LogP contribution < -0.4 is 0 Å². The van der Waals surface area contributed by atoms with Crippen molar-refractivity contribution in [3.63, 3.8) is 0 Å². The fraction of sp³-hybridized carbons (Fsp3) is 0.0909. The van der Waals surface area contributed by atoms with E-state index in [4.69, 9.17) is 0 Å². The van der Waals surface area contributed by atoms with Gasteiger partial charge in [0.25, 0.3) is 0 Å². The second-order valence-corrected chi connectivity index (χ2v) is 8.15. The van der Waals surface area contributed by atoms with Gasteiger partial charge >= 0.3 is 0 Å². The maximum atomic E-state index is 11.7. The smallest absolute Gasteiger partial charge is 0.175 e. The molecule has 3 rings (SSSR count). The fourth-order valence-corrected chi connectivity index (χ4v) is 3.29. The van der Waals surface area contributed by atoms with E-state index in [1.165, 1.54) is 11.8 Å². The third-order valence-electron chi connectivity index (χ3n) is 4.07. The molecule has 0 bridgehead atoms. The zero-order valence-electron chi connectivity index (χ0n) is 14.3. The van der Waals surface area contributed by atoms with E-state index in [1.807, 2.05) is 30.3 Å². The zero-order valence-corrected chi connectivity index (χ0v) is 15.1. The summed E-state index contributed by atoms with van der Waals surface area (Å²) >= 11 is 0. The Hall–Kier alpha value is -2.65. The highest BCUT2D eigenvalue weighted by Gasteiger charge is 2.09. The van der Waals surface area contributed by atoms with Crippen molar-refractivity contribution in [2.24, 2.45) is 0 Å². The van der Waals surface area contributed by atoms with E-state index in [2.05, 4.69) is 49.4 Å². The third-order valence-corrected chi connectivity index (χ3v) is 5.20. The van der Waals surface area contributed by atoms with E-state index in [-0.39, 0.29) is 0 Å². The molecular formula is C22H20O2S. The Morgan fingerprint density at radius 1 is 0.760 bits per heavy atom. The number of aryl methyl sites for hydroxylation is 1. The summed E-state index contributed by atoms with van der Waals surface area (Å²) in [6, 6.07) is 25.5. The topological polar surface area (TPSA) is 34.1 Å². The minimum absolute atomic E-state index is 0.332. The second-order valence-electron chi connectivity index (χ2n) is 6.13. The van der Waals surface area contributed by atoms with Gasteiger partial charge in [0.2, 0.25) is 0 Å². The average Bonchev–Trinajstić information content (AvgIpc) is 2.61. The van der Waals surface area contributed by atoms with Crippen LogP contribution in [-0.4, -0.2) is 14.7 Å². The molecule has 0 fully saturated rings. The molecule has 0 atom stereocenters. The quantitative estimate of drug-likeness (QED) is 0.623. The molecule has 0 radical (unpaired) electrons. The lowest BCUT2D eigenvalue weighted by molar-refractivity contribution is 0.602. The first-order valence-electron chi connectivity index (χ1n) is 8.08. The highest BCUT2D eigenvalue weighted by molar-refractivity contribution is 7.90. The summed E-state index contributed by atoms with van der Waals surface area (Å²) in [6.07, 6.45) is 3.35. The third kappa shape index (κ3) is 4.25. The Morgan fingerprint density at radius 2 is 1.32 bits per heavy atom. The predicted molar refractivity (Wildman–Crippen MR) is 104 cm³/mol. The average molecular weight is 348 g/mol. The molecule has 0 aliphatic carbocycles. The maximum absolute atomic E-state index is 11.7. The van der Waals surface area contributed by atoms with Gasteiger partial charge in [0.05, 0.1) is 4.90 Å². The minimum atomic E-state index is -3.19. The molecule has 3 heteroatoms. The van der Waals surface area contributed by atoms with Gasteiger partial charge in [-0.1, -0.05) is 72.3 Å². The van der Waals surface area contributed by atoms with E-state index in [0.29, 0.717) is 4.90 Å². The lowest BCUT2D eigenvalue weighted by atomic mass is 9.95. The first-order chi connectivity index (χ1) is 11.9. The molecule has 0 aliphatic rings. The van der Waals surface area contributed by atoms with Crippen LogP contribution in [0, 0.1) is 6.92 Å². The van der Waals surface area contributed by atoms with Gasteiger partial charge < -0.3 is 0 Å². The standard InChI is InChI=1S/C22H20O2S/c1-17-8-10-18(11-9-17)16-22(19-6-4-3-5-7-19)20-12-14-21(15-13-20)25(2,23)24/h3-16H,1-2H3/b22-16+. The van der Waals surface area contributed by atoms with E-state index in [0.717, 1.165) is 22.3 Å². The summed E-state index contributed by atoms with van der Waals surface area (Å²) in [5, 5.41) is 0. The van der Waals surface area contributed by atoms with Crippen LogP contribution in [0.4, 0.5) is 0 Å². The summed E-state index contributed by atoms with van der Waals surface area (Å²) in [5.41, 5.74) is 5.46. The van der Waals surface area contributed by atoms with Gasteiger partial charge in [-0.3, -0.25) is 0 Å². The van der Waals surface area contributed by atoms with Crippen molar-refractivity contribution in [1.82, 2.24) is 0 Å². The molecule has 3 aromatic carbocycles. The van der Waals surface area contributed by atoms with E-state index >= 15 is 0 Å². The summed E-state index contributed by atoms with van der Waals surface area (Å²) in [7, 11) is -3.19. The van der Waals surface area contributed by atoms with Crippen LogP contribution in [0.1, 0.15) is 22.3 Å². The van der Waals surface area contributed by atoms with E-state index < -0.39 is 9.84 Å². The normalized spacial score (nSPS) is 12.2. The molecule has 126 valence electrons. The van der Waals surface area contributed by atoms with Crippen molar-refractivity contribution < 1.29 is 8.42 Å². The summed E-state index contributed by atoms with van der Waals surface area (Å²) in [4.78, 5) is 0.332. The molecule has 0 N–H and O–H groups in total. The molecule has 0 unspecified atom stereocenters. The SMILES string of the molecule is Cc1ccc(/C=C(\c2ccccc2)c2ccc(S(C)(=O)=O)cc2)cc1. The molecule has 25 heavy (non-hydrogen) atoms. The number of rotatable bonds is 4. The molecule has 0 saturated heterocycles. The Bertz CT molecular complexity index is 982. The number of benzene rings is 3. The molecule has 0 saturated carbocycles. The Kier molecular flexibility index (Phi) is 4.86. The van der Waals surface area contributed by atoms with Gasteiger partial charge in [-0.25, -0.2) is 8.42 Å². The predicted octanol–water partition coefficient (Wildman–Crippen LogP) is 4.99. The largest absolute Gasteiger partial charge is 0.224 e.